The molecule has 0 saturated carbocycles. The van der Waals surface area contributed by atoms with Gasteiger partial charge in [-0.1, -0.05) is 0 Å². The van der Waals surface area contributed by atoms with Crippen molar-refractivity contribution in [3.05, 3.63) is 26.2 Å². The van der Waals surface area contributed by atoms with Crippen LogP contribution in [-0.2, 0) is 4.79 Å². The van der Waals surface area contributed by atoms with E-state index in [1.54, 1.807) is 0 Å². The van der Waals surface area contributed by atoms with Crippen molar-refractivity contribution in [2.45, 2.75) is 6.04 Å². The van der Waals surface area contributed by atoms with Crippen molar-refractivity contribution in [3.8, 4) is 11.5 Å². The third-order valence-corrected chi connectivity index (χ3v) is 3.19. The van der Waals surface area contributed by atoms with Gasteiger partial charge in [-0.2, -0.15) is 0 Å². The minimum Gasteiger partial charge on any atom is -0.493 e. The highest BCUT2D eigenvalue weighted by atomic mass is 79.9. The number of hydrogen-bond acceptors (Lipinski definition) is 6. The van der Waals surface area contributed by atoms with Crippen molar-refractivity contribution in [2.24, 2.45) is 5.73 Å². The Balaban J connectivity index is 3.67. The van der Waals surface area contributed by atoms with Crippen LogP contribution in [0.25, 0.3) is 0 Å². The van der Waals surface area contributed by atoms with Gasteiger partial charge in [0.05, 0.1) is 35.2 Å². The highest BCUT2D eigenvalue weighted by Gasteiger charge is 2.31. The first-order chi connectivity index (χ1) is 8.84. The molecule has 0 fully saturated rings. The summed E-state index contributed by atoms with van der Waals surface area (Å²) in [6.45, 7) is 0. The van der Waals surface area contributed by atoms with Gasteiger partial charge in [0, 0.05) is 0 Å². The molecule has 1 atom stereocenters. The van der Waals surface area contributed by atoms with Gasteiger partial charge in [0.2, 0.25) is 0 Å². The van der Waals surface area contributed by atoms with Crippen molar-refractivity contribution < 1.29 is 24.3 Å². The zero-order chi connectivity index (χ0) is 14.7. The van der Waals surface area contributed by atoms with Gasteiger partial charge in [-0.15, -0.1) is 0 Å². The third-order valence-electron chi connectivity index (χ3n) is 2.40. The van der Waals surface area contributed by atoms with Crippen LogP contribution in [0.5, 0.6) is 11.5 Å². The van der Waals surface area contributed by atoms with E-state index < -0.39 is 22.6 Å². The molecule has 0 aliphatic heterocycles. The summed E-state index contributed by atoms with van der Waals surface area (Å²) in [7, 11) is 2.63. The largest absolute Gasteiger partial charge is 0.493 e. The molecule has 1 aromatic rings. The average molecular weight is 335 g/mol. The maximum Gasteiger partial charge on any atom is 0.325 e. The number of halogens is 1. The molecule has 0 aliphatic rings. The normalized spacial score (nSPS) is 11.8. The van der Waals surface area contributed by atoms with Gasteiger partial charge in [-0.25, -0.2) is 0 Å². The van der Waals surface area contributed by atoms with E-state index in [9.17, 15) is 14.9 Å². The summed E-state index contributed by atoms with van der Waals surface area (Å²) in [5.74, 6) is -1.15. The first-order valence-electron chi connectivity index (χ1n) is 4.92. The van der Waals surface area contributed by atoms with Crippen molar-refractivity contribution in [1.82, 2.24) is 0 Å². The minimum atomic E-state index is -1.56. The van der Waals surface area contributed by atoms with Crippen LogP contribution in [0.1, 0.15) is 11.6 Å². The Morgan fingerprint density at radius 3 is 2.47 bits per heavy atom. The number of ether oxygens (including phenoxy) is 2. The summed E-state index contributed by atoms with van der Waals surface area (Å²) in [5.41, 5.74) is 4.82. The van der Waals surface area contributed by atoms with E-state index in [1.807, 2.05) is 0 Å². The van der Waals surface area contributed by atoms with Gasteiger partial charge in [-0.3, -0.25) is 14.9 Å². The number of aliphatic carboxylic acids is 1. The number of hydrogen-bond donors (Lipinski definition) is 2. The molecule has 1 rings (SSSR count). The molecule has 3 N–H and O–H groups in total. The molecule has 0 radical (unpaired) electrons. The summed E-state index contributed by atoms with van der Waals surface area (Å²) in [6, 6.07) is -0.489. The van der Waals surface area contributed by atoms with E-state index in [0.717, 1.165) is 6.07 Å². The quantitative estimate of drug-likeness (QED) is 0.616. The molecular formula is C10H11BrN2O6. The highest BCUT2D eigenvalue weighted by molar-refractivity contribution is 9.10. The Morgan fingerprint density at radius 2 is 2.11 bits per heavy atom. The van der Waals surface area contributed by atoms with E-state index in [2.05, 4.69) is 15.9 Å². The Kier molecular flexibility index (Phi) is 4.67. The van der Waals surface area contributed by atoms with Gasteiger partial charge in [0.25, 0.3) is 5.69 Å². The van der Waals surface area contributed by atoms with Gasteiger partial charge >= 0.3 is 5.97 Å². The van der Waals surface area contributed by atoms with Crippen LogP contribution in [0, 0.1) is 10.1 Å². The molecule has 104 valence electrons. The van der Waals surface area contributed by atoms with E-state index in [0.29, 0.717) is 0 Å². The number of nitro benzene ring substituents is 1. The maximum absolute atomic E-state index is 11.0. The Hall–Kier alpha value is -1.87. The fraction of sp³-hybridized carbons (Fsp3) is 0.300. The molecule has 0 aromatic heterocycles. The number of rotatable bonds is 5. The molecule has 1 aromatic carbocycles. The summed E-state index contributed by atoms with van der Waals surface area (Å²) < 4.78 is 10.1. The lowest BCUT2D eigenvalue weighted by Gasteiger charge is -2.15. The number of methoxy groups -OCH3 is 2. The molecule has 0 heterocycles. The van der Waals surface area contributed by atoms with Crippen LogP contribution in [0.2, 0.25) is 0 Å². The van der Waals surface area contributed by atoms with Crippen LogP contribution < -0.4 is 15.2 Å². The smallest absolute Gasteiger partial charge is 0.325 e. The second kappa shape index (κ2) is 5.85. The number of carboxylic acids is 1. The van der Waals surface area contributed by atoms with E-state index >= 15 is 0 Å². The molecule has 0 bridgehead atoms. The Labute approximate surface area is 116 Å². The van der Waals surface area contributed by atoms with E-state index in [4.69, 9.17) is 20.3 Å². The standard InChI is InChI=1S/C10H11BrN2O6/c1-18-5-3-4(13(16)17)6(8(12)10(14)15)7(11)9(5)19-2/h3,8H,12H2,1-2H3,(H,14,15)/t8-/m0/s1. The monoisotopic (exact) mass is 334 g/mol. The predicted octanol–water partition coefficient (Wildman–Crippen LogP) is 1.46. The molecule has 9 heteroatoms. The maximum atomic E-state index is 11.0. The third kappa shape index (κ3) is 2.76. The minimum absolute atomic E-state index is 0.0796. The van der Waals surface area contributed by atoms with Crippen LogP contribution in [0.4, 0.5) is 5.69 Å². The first-order valence-corrected chi connectivity index (χ1v) is 5.71. The van der Waals surface area contributed by atoms with E-state index in [-0.39, 0.29) is 21.5 Å². The van der Waals surface area contributed by atoms with Crippen LogP contribution >= 0.6 is 15.9 Å². The highest BCUT2D eigenvalue weighted by Crippen LogP contribution is 2.44. The first kappa shape index (κ1) is 15.2. The van der Waals surface area contributed by atoms with Gasteiger partial charge in [-0.05, 0) is 15.9 Å². The molecule has 0 amide bonds. The van der Waals surface area contributed by atoms with Crippen molar-refractivity contribution in [2.75, 3.05) is 14.2 Å². The summed E-state index contributed by atoms with van der Waals surface area (Å²) >= 11 is 3.07. The predicted molar refractivity (Wildman–Crippen MR) is 68.5 cm³/mol. The average Bonchev–Trinajstić information content (AvgIpc) is 2.36. The second-order valence-electron chi connectivity index (χ2n) is 3.43. The van der Waals surface area contributed by atoms with Gasteiger partial charge in [0.1, 0.15) is 6.04 Å². The van der Waals surface area contributed by atoms with Crippen molar-refractivity contribution >= 4 is 27.6 Å². The molecule has 0 saturated heterocycles. The van der Waals surface area contributed by atoms with Crippen molar-refractivity contribution in [3.63, 3.8) is 0 Å². The molecular weight excluding hydrogens is 324 g/mol. The summed E-state index contributed by atoms with van der Waals surface area (Å²) in [5, 5.41) is 19.9. The number of benzene rings is 1. The number of nitro groups is 1. The van der Waals surface area contributed by atoms with E-state index in [1.165, 1.54) is 14.2 Å². The SMILES string of the molecule is COc1cc([N+](=O)[O-])c([C@H](N)C(=O)O)c(Br)c1OC. The lowest BCUT2D eigenvalue weighted by atomic mass is 10.0. The van der Waals surface area contributed by atoms with Gasteiger partial charge in [0.15, 0.2) is 11.5 Å². The van der Waals surface area contributed by atoms with Crippen molar-refractivity contribution in [1.29, 1.82) is 0 Å². The zero-order valence-electron chi connectivity index (χ0n) is 10.0. The molecule has 0 spiro atoms. The van der Waals surface area contributed by atoms with Gasteiger partial charge < -0.3 is 20.3 Å². The fourth-order valence-electron chi connectivity index (χ4n) is 1.52. The lowest BCUT2D eigenvalue weighted by molar-refractivity contribution is -0.385. The number of nitrogens with zero attached hydrogens (tertiary/aromatic N) is 1. The molecule has 0 unspecified atom stereocenters. The fourth-order valence-corrected chi connectivity index (χ4v) is 2.33. The molecule has 19 heavy (non-hydrogen) atoms. The lowest BCUT2D eigenvalue weighted by Crippen LogP contribution is -2.22. The molecule has 0 aliphatic carbocycles. The van der Waals surface area contributed by atoms with Crippen LogP contribution in [0.3, 0.4) is 0 Å². The Bertz CT molecular complexity index is 533. The number of carboxylic acid groups (broad SMARTS) is 1. The number of nitrogens with two attached hydrogens (primary N) is 1. The topological polar surface area (TPSA) is 125 Å². The summed E-state index contributed by atoms with van der Waals surface area (Å²) in [4.78, 5) is 21.2. The van der Waals surface area contributed by atoms with Crippen LogP contribution in [-0.4, -0.2) is 30.2 Å². The summed E-state index contributed by atoms with van der Waals surface area (Å²) in [6.07, 6.45) is 0. The zero-order valence-corrected chi connectivity index (χ0v) is 11.6. The van der Waals surface area contributed by atoms with Crippen LogP contribution in [0.15, 0.2) is 10.5 Å². The Morgan fingerprint density at radius 1 is 1.53 bits per heavy atom. The number of carbonyl (C=O) groups is 1. The molecule has 8 nitrogen and oxygen atoms in total. The second-order valence-corrected chi connectivity index (χ2v) is 4.22.